The van der Waals surface area contributed by atoms with Crippen molar-refractivity contribution in [3.05, 3.63) is 59.7 Å². The number of benzene rings is 2. The monoisotopic (exact) mass is 450 g/mol. The summed E-state index contributed by atoms with van der Waals surface area (Å²) in [6.07, 6.45) is 2.11. The number of ether oxygens (including phenoxy) is 1. The molecule has 0 aromatic heterocycles. The summed E-state index contributed by atoms with van der Waals surface area (Å²) >= 11 is 0. The SMILES string of the molecule is CCCCC(CC(=O)N1CC(C(=O)O)C1)NC(=O)OCC1c2ccccc2-c2ccccc21. The van der Waals surface area contributed by atoms with E-state index in [1.807, 2.05) is 24.3 Å². The molecule has 0 saturated carbocycles. The number of carbonyl (C=O) groups is 3. The van der Waals surface area contributed by atoms with Crippen LogP contribution in [0.25, 0.3) is 11.1 Å². The van der Waals surface area contributed by atoms with E-state index >= 15 is 0 Å². The highest BCUT2D eigenvalue weighted by molar-refractivity contribution is 5.82. The second kappa shape index (κ2) is 10.1. The van der Waals surface area contributed by atoms with Crippen LogP contribution in [0.2, 0.25) is 0 Å². The second-order valence-electron chi connectivity index (χ2n) is 8.85. The summed E-state index contributed by atoms with van der Waals surface area (Å²) in [5, 5.41) is 11.9. The summed E-state index contributed by atoms with van der Waals surface area (Å²) in [6, 6.07) is 16.0. The van der Waals surface area contributed by atoms with Gasteiger partial charge in [0, 0.05) is 31.5 Å². The van der Waals surface area contributed by atoms with Gasteiger partial charge in [0.15, 0.2) is 0 Å². The van der Waals surface area contributed by atoms with Gasteiger partial charge >= 0.3 is 12.1 Å². The summed E-state index contributed by atoms with van der Waals surface area (Å²) in [5.74, 6) is -1.52. The Morgan fingerprint density at radius 3 is 2.24 bits per heavy atom. The van der Waals surface area contributed by atoms with Crippen LogP contribution in [-0.2, 0) is 14.3 Å². The molecule has 2 aromatic carbocycles. The van der Waals surface area contributed by atoms with E-state index in [0.29, 0.717) is 6.42 Å². The van der Waals surface area contributed by atoms with Gasteiger partial charge in [-0.05, 0) is 28.7 Å². The van der Waals surface area contributed by atoms with Crippen LogP contribution in [0, 0.1) is 5.92 Å². The molecule has 0 radical (unpaired) electrons. The van der Waals surface area contributed by atoms with Crippen LogP contribution >= 0.6 is 0 Å². The normalized spacial score (nSPS) is 15.8. The number of amides is 2. The smallest absolute Gasteiger partial charge is 0.407 e. The van der Waals surface area contributed by atoms with Gasteiger partial charge in [-0.15, -0.1) is 0 Å². The lowest BCUT2D eigenvalue weighted by molar-refractivity contribution is -0.152. The maximum Gasteiger partial charge on any atom is 0.407 e. The molecule has 2 aliphatic rings. The van der Waals surface area contributed by atoms with Crippen molar-refractivity contribution in [2.24, 2.45) is 5.92 Å². The van der Waals surface area contributed by atoms with E-state index in [9.17, 15) is 14.4 Å². The predicted octanol–water partition coefficient (Wildman–Crippen LogP) is 4.02. The Labute approximate surface area is 193 Å². The Bertz CT molecular complexity index is 985. The minimum atomic E-state index is -0.877. The molecule has 1 saturated heterocycles. The highest BCUT2D eigenvalue weighted by atomic mass is 16.5. The van der Waals surface area contributed by atoms with E-state index in [1.165, 1.54) is 16.0 Å². The van der Waals surface area contributed by atoms with Crippen LogP contribution in [0.4, 0.5) is 4.79 Å². The third-order valence-electron chi connectivity index (χ3n) is 6.58. The molecule has 1 heterocycles. The molecule has 2 aromatic rings. The Balaban J connectivity index is 1.34. The fourth-order valence-electron chi connectivity index (χ4n) is 4.66. The fraction of sp³-hybridized carbons (Fsp3) is 0.423. The lowest BCUT2D eigenvalue weighted by atomic mass is 9.98. The van der Waals surface area contributed by atoms with Crippen LogP contribution in [0.3, 0.4) is 0 Å². The van der Waals surface area contributed by atoms with Crippen molar-refractivity contribution in [1.29, 1.82) is 0 Å². The number of fused-ring (bicyclic) bond motifs is 3. The Kier molecular flexibility index (Phi) is 6.96. The number of alkyl carbamates (subject to hydrolysis) is 1. The number of nitrogens with zero attached hydrogens (tertiary/aromatic N) is 1. The first kappa shape index (κ1) is 22.8. The molecule has 33 heavy (non-hydrogen) atoms. The molecule has 1 atom stereocenters. The quantitative estimate of drug-likeness (QED) is 0.602. The number of carbonyl (C=O) groups excluding carboxylic acids is 2. The maximum atomic E-state index is 12.6. The average Bonchev–Trinajstić information content (AvgIpc) is 3.08. The van der Waals surface area contributed by atoms with E-state index in [2.05, 4.69) is 36.5 Å². The van der Waals surface area contributed by atoms with Crippen molar-refractivity contribution in [2.75, 3.05) is 19.7 Å². The summed E-state index contributed by atoms with van der Waals surface area (Å²) in [5.41, 5.74) is 4.63. The molecule has 1 fully saturated rings. The second-order valence-corrected chi connectivity index (χ2v) is 8.85. The first-order valence-corrected chi connectivity index (χ1v) is 11.6. The van der Waals surface area contributed by atoms with Crippen LogP contribution in [0.15, 0.2) is 48.5 Å². The minimum Gasteiger partial charge on any atom is -0.481 e. The van der Waals surface area contributed by atoms with Crippen molar-refractivity contribution in [1.82, 2.24) is 10.2 Å². The highest BCUT2D eigenvalue weighted by Gasteiger charge is 2.36. The predicted molar refractivity (Wildman–Crippen MR) is 124 cm³/mol. The zero-order valence-electron chi connectivity index (χ0n) is 18.8. The number of hydrogen-bond donors (Lipinski definition) is 2. The van der Waals surface area contributed by atoms with E-state index < -0.39 is 18.0 Å². The number of aliphatic carboxylic acids is 1. The first-order valence-electron chi connectivity index (χ1n) is 11.6. The molecule has 0 spiro atoms. The third kappa shape index (κ3) is 5.02. The molecule has 174 valence electrons. The Morgan fingerprint density at radius 1 is 1.06 bits per heavy atom. The molecule has 2 N–H and O–H groups in total. The molecule has 1 aliphatic carbocycles. The van der Waals surface area contributed by atoms with Gasteiger partial charge < -0.3 is 20.1 Å². The molecular weight excluding hydrogens is 420 g/mol. The van der Waals surface area contributed by atoms with Gasteiger partial charge in [0.05, 0.1) is 5.92 Å². The molecule has 2 amide bonds. The van der Waals surface area contributed by atoms with E-state index in [1.54, 1.807) is 0 Å². The van der Waals surface area contributed by atoms with Crippen molar-refractivity contribution in [3.8, 4) is 11.1 Å². The van der Waals surface area contributed by atoms with Gasteiger partial charge in [0.25, 0.3) is 0 Å². The summed E-state index contributed by atoms with van der Waals surface area (Å²) in [4.78, 5) is 37.7. The van der Waals surface area contributed by atoms with Gasteiger partial charge in [-0.2, -0.15) is 0 Å². The van der Waals surface area contributed by atoms with Crippen LogP contribution in [0.5, 0.6) is 0 Å². The van der Waals surface area contributed by atoms with Gasteiger partial charge in [-0.1, -0.05) is 68.3 Å². The summed E-state index contributed by atoms with van der Waals surface area (Å²) in [7, 11) is 0. The molecule has 7 heteroatoms. The summed E-state index contributed by atoms with van der Waals surface area (Å²) in [6.45, 7) is 2.75. The number of unbranched alkanes of at least 4 members (excludes halogenated alkanes) is 1. The van der Waals surface area contributed by atoms with Crippen LogP contribution < -0.4 is 5.32 Å². The average molecular weight is 451 g/mol. The van der Waals surface area contributed by atoms with Gasteiger partial charge in [-0.3, -0.25) is 9.59 Å². The molecule has 1 aliphatic heterocycles. The third-order valence-corrected chi connectivity index (χ3v) is 6.58. The largest absolute Gasteiger partial charge is 0.481 e. The van der Waals surface area contributed by atoms with E-state index in [0.717, 1.165) is 24.0 Å². The number of hydrogen-bond acceptors (Lipinski definition) is 4. The zero-order valence-corrected chi connectivity index (χ0v) is 18.8. The van der Waals surface area contributed by atoms with Crippen molar-refractivity contribution < 1.29 is 24.2 Å². The fourth-order valence-corrected chi connectivity index (χ4v) is 4.66. The number of carboxylic acids is 1. The Morgan fingerprint density at radius 2 is 1.67 bits per heavy atom. The molecular formula is C26H30N2O5. The van der Waals surface area contributed by atoms with Crippen molar-refractivity contribution in [2.45, 2.75) is 44.6 Å². The Hall–Kier alpha value is -3.35. The lowest BCUT2D eigenvalue weighted by Gasteiger charge is -2.37. The summed E-state index contributed by atoms with van der Waals surface area (Å²) < 4.78 is 5.63. The van der Waals surface area contributed by atoms with E-state index in [-0.39, 0.29) is 44.0 Å². The van der Waals surface area contributed by atoms with Gasteiger partial charge in [0.2, 0.25) is 5.91 Å². The maximum absolute atomic E-state index is 12.6. The minimum absolute atomic E-state index is 0.0205. The van der Waals surface area contributed by atoms with Crippen molar-refractivity contribution >= 4 is 18.0 Å². The van der Waals surface area contributed by atoms with Crippen molar-refractivity contribution in [3.63, 3.8) is 0 Å². The zero-order chi connectivity index (χ0) is 23.4. The number of nitrogens with one attached hydrogen (secondary N) is 1. The van der Waals surface area contributed by atoms with Crippen LogP contribution in [-0.4, -0.2) is 53.7 Å². The molecule has 0 bridgehead atoms. The van der Waals surface area contributed by atoms with Gasteiger partial charge in [0.1, 0.15) is 6.61 Å². The first-order chi connectivity index (χ1) is 16.0. The molecule has 4 rings (SSSR count). The standard InChI is InChI=1S/C26H30N2O5/c1-2-3-8-18(13-24(29)28-14-17(15-28)25(30)31)27-26(32)33-16-23-21-11-6-4-9-19(21)20-10-5-7-12-22(20)23/h4-7,9-12,17-18,23H,2-3,8,13-16H2,1H3,(H,27,32)(H,30,31). The highest BCUT2D eigenvalue weighted by Crippen LogP contribution is 2.44. The van der Waals surface area contributed by atoms with Gasteiger partial charge in [-0.25, -0.2) is 4.79 Å². The lowest BCUT2D eigenvalue weighted by Crippen LogP contribution is -2.54. The number of likely N-dealkylation sites (tertiary alicyclic amines) is 1. The van der Waals surface area contributed by atoms with E-state index in [4.69, 9.17) is 9.84 Å². The van der Waals surface area contributed by atoms with Crippen LogP contribution in [0.1, 0.15) is 49.7 Å². The molecule has 7 nitrogen and oxygen atoms in total. The number of rotatable bonds is 9. The number of carboxylic acid groups (broad SMARTS) is 1. The molecule has 1 unspecified atom stereocenters. The topological polar surface area (TPSA) is 95.9 Å².